The maximum atomic E-state index is 3.43. The molecule has 0 radical (unpaired) electrons. The first-order valence-electron chi connectivity index (χ1n) is 7.08. The highest BCUT2D eigenvalue weighted by atomic mass is 28.3. The van der Waals surface area contributed by atoms with Crippen molar-refractivity contribution in [3.8, 4) is 11.8 Å². The third-order valence-electron chi connectivity index (χ3n) is 5.14. The second-order valence-corrected chi connectivity index (χ2v) is 12.8. The molecule has 0 amide bonds. The van der Waals surface area contributed by atoms with Gasteiger partial charge < -0.3 is 0 Å². The molecule has 2 atom stereocenters. The van der Waals surface area contributed by atoms with Crippen molar-refractivity contribution in [1.29, 1.82) is 0 Å². The lowest BCUT2D eigenvalue weighted by atomic mass is 9.67. The second kappa shape index (κ2) is 4.13. The monoisotopic (exact) mass is 258 g/mol. The number of allylic oxidation sites excluding steroid dienone is 3. The van der Waals surface area contributed by atoms with Gasteiger partial charge in [-0.25, -0.2) is 0 Å². The number of hydrogen-bond donors (Lipinski definition) is 0. The van der Waals surface area contributed by atoms with Crippen LogP contribution in [0.5, 0.6) is 0 Å². The van der Waals surface area contributed by atoms with E-state index in [1.54, 1.807) is 0 Å². The van der Waals surface area contributed by atoms with Crippen LogP contribution in [-0.2, 0) is 0 Å². The van der Waals surface area contributed by atoms with Gasteiger partial charge in [0.25, 0.3) is 0 Å². The van der Waals surface area contributed by atoms with Gasteiger partial charge in [-0.05, 0) is 30.3 Å². The van der Waals surface area contributed by atoms with Crippen molar-refractivity contribution in [2.24, 2.45) is 16.7 Å². The Balaban J connectivity index is 2.17. The zero-order chi connectivity index (χ0) is 13.6. The molecule has 0 aromatic heterocycles. The van der Waals surface area contributed by atoms with Crippen molar-refractivity contribution < 1.29 is 0 Å². The van der Waals surface area contributed by atoms with Crippen LogP contribution in [0.15, 0.2) is 23.4 Å². The van der Waals surface area contributed by atoms with Crippen LogP contribution in [0.2, 0.25) is 19.6 Å². The van der Waals surface area contributed by atoms with E-state index in [2.05, 4.69) is 70.1 Å². The molecule has 2 aliphatic rings. The molecule has 0 N–H and O–H groups in total. The molecule has 0 aromatic rings. The summed E-state index contributed by atoms with van der Waals surface area (Å²) >= 11 is 0. The van der Waals surface area contributed by atoms with Crippen molar-refractivity contribution in [2.45, 2.75) is 53.3 Å². The third kappa shape index (κ3) is 2.12. The summed E-state index contributed by atoms with van der Waals surface area (Å²) in [4.78, 5) is 0. The lowest BCUT2D eigenvalue weighted by Gasteiger charge is -2.35. The molecular weight excluding hydrogens is 232 g/mol. The van der Waals surface area contributed by atoms with Crippen molar-refractivity contribution in [1.82, 2.24) is 0 Å². The Kier molecular flexibility index (Phi) is 3.14. The molecule has 18 heavy (non-hydrogen) atoms. The molecule has 0 spiro atoms. The van der Waals surface area contributed by atoms with Crippen LogP contribution < -0.4 is 0 Å². The Morgan fingerprint density at radius 3 is 2.39 bits per heavy atom. The van der Waals surface area contributed by atoms with E-state index in [0.29, 0.717) is 10.8 Å². The average molecular weight is 258 g/mol. The SMILES string of the molecule is CC1(C)[C@H]2C=C(C#C/C=C/[Si](C)(C)C)[C@]1(C)CC2. The Labute approximate surface area is 114 Å². The predicted molar refractivity (Wildman–Crippen MR) is 83.0 cm³/mol. The van der Waals surface area contributed by atoms with Crippen LogP contribution in [0.25, 0.3) is 0 Å². The minimum Gasteiger partial charge on any atom is -0.0868 e. The van der Waals surface area contributed by atoms with Crippen LogP contribution in [-0.4, -0.2) is 8.07 Å². The highest BCUT2D eigenvalue weighted by Gasteiger charge is 2.56. The number of fused-ring (bicyclic) bond motifs is 2. The molecule has 2 aliphatic carbocycles. The lowest BCUT2D eigenvalue weighted by molar-refractivity contribution is 0.175. The predicted octanol–water partition coefficient (Wildman–Crippen LogP) is 4.81. The fourth-order valence-electron chi connectivity index (χ4n) is 3.29. The van der Waals surface area contributed by atoms with Gasteiger partial charge in [0.05, 0.1) is 8.07 Å². The van der Waals surface area contributed by atoms with Gasteiger partial charge in [0, 0.05) is 11.0 Å². The first-order chi connectivity index (χ1) is 8.17. The Hall–Kier alpha value is -0.743. The molecule has 1 saturated carbocycles. The zero-order valence-electron chi connectivity index (χ0n) is 12.7. The highest BCUT2D eigenvalue weighted by Crippen LogP contribution is 2.64. The second-order valence-electron chi connectivity index (χ2n) is 7.75. The van der Waals surface area contributed by atoms with Gasteiger partial charge in [0.15, 0.2) is 0 Å². The molecule has 0 heterocycles. The standard InChI is InChI=1S/C17H26Si/c1-16(2)14-10-11-17(16,3)15(13-14)9-7-8-12-18(4,5)6/h8,12-14H,10-11H2,1-6H3/b12-8+/t14-,17+/m1/s1. The molecule has 2 rings (SSSR count). The van der Waals surface area contributed by atoms with E-state index < -0.39 is 8.07 Å². The highest BCUT2D eigenvalue weighted by molar-refractivity contribution is 6.81. The maximum absolute atomic E-state index is 3.43. The van der Waals surface area contributed by atoms with Crippen LogP contribution >= 0.6 is 0 Å². The van der Waals surface area contributed by atoms with Crippen molar-refractivity contribution in [3.05, 3.63) is 23.4 Å². The zero-order valence-corrected chi connectivity index (χ0v) is 13.7. The topological polar surface area (TPSA) is 0 Å². The van der Waals surface area contributed by atoms with E-state index in [1.165, 1.54) is 18.4 Å². The molecule has 0 aliphatic heterocycles. The van der Waals surface area contributed by atoms with Crippen LogP contribution in [0.4, 0.5) is 0 Å². The van der Waals surface area contributed by atoms with Crippen LogP contribution in [0.3, 0.4) is 0 Å². The van der Waals surface area contributed by atoms with E-state index in [-0.39, 0.29) is 0 Å². The Morgan fingerprint density at radius 2 is 1.94 bits per heavy atom. The summed E-state index contributed by atoms with van der Waals surface area (Å²) in [5, 5.41) is 0. The molecule has 2 bridgehead atoms. The number of rotatable bonds is 1. The summed E-state index contributed by atoms with van der Waals surface area (Å²) in [6.45, 7) is 14.2. The van der Waals surface area contributed by atoms with Crippen molar-refractivity contribution in [3.63, 3.8) is 0 Å². The minimum atomic E-state index is -1.10. The van der Waals surface area contributed by atoms with Gasteiger partial charge in [-0.1, -0.05) is 64.0 Å². The van der Waals surface area contributed by atoms with Gasteiger partial charge in [0.2, 0.25) is 0 Å². The van der Waals surface area contributed by atoms with Gasteiger partial charge in [0.1, 0.15) is 0 Å². The maximum Gasteiger partial charge on any atom is 0.0695 e. The van der Waals surface area contributed by atoms with E-state index in [9.17, 15) is 0 Å². The average Bonchev–Trinajstić information content (AvgIpc) is 2.55. The summed E-state index contributed by atoms with van der Waals surface area (Å²) in [6.07, 6.45) is 7.18. The summed E-state index contributed by atoms with van der Waals surface area (Å²) in [7, 11) is -1.10. The molecule has 98 valence electrons. The van der Waals surface area contributed by atoms with Crippen molar-refractivity contribution >= 4 is 8.07 Å². The normalized spacial score (nSPS) is 33.4. The molecular formula is C17H26Si. The Bertz CT molecular complexity index is 462. The number of hydrogen-bond acceptors (Lipinski definition) is 0. The quantitative estimate of drug-likeness (QED) is 0.468. The van der Waals surface area contributed by atoms with Crippen LogP contribution in [0, 0.1) is 28.6 Å². The Morgan fingerprint density at radius 1 is 1.28 bits per heavy atom. The van der Waals surface area contributed by atoms with Gasteiger partial charge in [-0.15, -0.1) is 0 Å². The molecule has 0 aromatic carbocycles. The molecule has 0 saturated heterocycles. The smallest absolute Gasteiger partial charge is 0.0695 e. The van der Waals surface area contributed by atoms with E-state index in [1.807, 2.05) is 0 Å². The minimum absolute atomic E-state index is 0.317. The molecule has 0 unspecified atom stereocenters. The van der Waals surface area contributed by atoms with Crippen LogP contribution in [0.1, 0.15) is 33.6 Å². The van der Waals surface area contributed by atoms with Crippen molar-refractivity contribution in [2.75, 3.05) is 0 Å². The van der Waals surface area contributed by atoms with Gasteiger partial charge >= 0.3 is 0 Å². The van der Waals surface area contributed by atoms with E-state index >= 15 is 0 Å². The van der Waals surface area contributed by atoms with E-state index in [4.69, 9.17) is 0 Å². The fraction of sp³-hybridized carbons (Fsp3) is 0.647. The lowest BCUT2D eigenvalue weighted by Crippen LogP contribution is -2.29. The van der Waals surface area contributed by atoms with Gasteiger partial charge in [-0.2, -0.15) is 0 Å². The summed E-state index contributed by atoms with van der Waals surface area (Å²) in [6, 6.07) is 0. The van der Waals surface area contributed by atoms with Gasteiger partial charge in [-0.3, -0.25) is 0 Å². The first-order valence-corrected chi connectivity index (χ1v) is 10.7. The summed E-state index contributed by atoms with van der Waals surface area (Å²) < 4.78 is 0. The summed E-state index contributed by atoms with van der Waals surface area (Å²) in [5.41, 5.74) is 4.43. The third-order valence-corrected chi connectivity index (χ3v) is 6.31. The van der Waals surface area contributed by atoms with E-state index in [0.717, 1.165) is 5.92 Å². The largest absolute Gasteiger partial charge is 0.0868 e. The fourth-order valence-corrected chi connectivity index (χ4v) is 3.87. The molecule has 0 nitrogen and oxygen atoms in total. The first kappa shape index (κ1) is 13.7. The molecule has 1 fully saturated rings. The summed E-state index contributed by atoms with van der Waals surface area (Å²) in [5.74, 6) is 7.44. The molecule has 1 heteroatoms.